The Balaban J connectivity index is 1.39. The van der Waals surface area contributed by atoms with E-state index < -0.39 is 0 Å². The number of rotatable bonds is 6. The Bertz CT molecular complexity index is 1100. The lowest BCUT2D eigenvalue weighted by atomic mass is 9.98. The van der Waals surface area contributed by atoms with Crippen molar-refractivity contribution < 1.29 is 14.3 Å². The maximum atomic E-state index is 12.7. The number of benzene rings is 2. The minimum absolute atomic E-state index is 0.169. The maximum Gasteiger partial charge on any atom is 0.223 e. The number of aromatic amines is 1. The fourth-order valence-electron chi connectivity index (χ4n) is 3.97. The third-order valence-electron chi connectivity index (χ3n) is 5.65. The van der Waals surface area contributed by atoms with Crippen molar-refractivity contribution in [2.45, 2.75) is 19.3 Å². The van der Waals surface area contributed by atoms with Gasteiger partial charge in [-0.15, -0.1) is 0 Å². The van der Waals surface area contributed by atoms with E-state index in [1.165, 1.54) is 11.1 Å². The average Bonchev–Trinajstić information content (AvgIpc) is 3.23. The van der Waals surface area contributed by atoms with Crippen molar-refractivity contribution in [3.8, 4) is 11.5 Å². The van der Waals surface area contributed by atoms with Crippen molar-refractivity contribution in [2.75, 3.05) is 27.3 Å². The highest BCUT2D eigenvalue weighted by molar-refractivity contribution is 6.35. The standard InChI is InChI=1S/C24H25ClN2O3/c1-29-21-8-6-16(14-22(21)30-2)7-9-23(28)27-12-10-17(11-13-27)19-15-26-24-18(19)4-3-5-20(24)25/h3-6,8,10,14-15,26H,7,9,11-13H2,1-2H3. The first-order chi connectivity index (χ1) is 14.6. The van der Waals surface area contributed by atoms with E-state index in [0.29, 0.717) is 30.9 Å². The van der Waals surface area contributed by atoms with Crippen molar-refractivity contribution >= 4 is 34.0 Å². The summed E-state index contributed by atoms with van der Waals surface area (Å²) in [5.74, 6) is 1.55. The second-order valence-corrected chi connectivity index (χ2v) is 7.78. The molecule has 0 radical (unpaired) electrons. The van der Waals surface area contributed by atoms with E-state index in [1.807, 2.05) is 41.4 Å². The monoisotopic (exact) mass is 424 g/mol. The predicted octanol–water partition coefficient (Wildman–Crippen LogP) is 5.09. The number of carbonyl (C=O) groups excluding carboxylic acids is 1. The molecule has 0 atom stereocenters. The van der Waals surface area contributed by atoms with Gasteiger partial charge in [-0.05, 0) is 42.2 Å². The topological polar surface area (TPSA) is 54.6 Å². The lowest BCUT2D eigenvalue weighted by Gasteiger charge is -2.26. The Kier molecular flexibility index (Phi) is 6.00. The van der Waals surface area contributed by atoms with Gasteiger partial charge in [-0.25, -0.2) is 0 Å². The molecule has 1 amide bonds. The van der Waals surface area contributed by atoms with Crippen molar-refractivity contribution in [3.63, 3.8) is 0 Å². The number of carbonyl (C=O) groups is 1. The molecule has 2 heterocycles. The van der Waals surface area contributed by atoms with Crippen LogP contribution in [-0.2, 0) is 11.2 Å². The average molecular weight is 425 g/mol. The molecule has 30 heavy (non-hydrogen) atoms. The lowest BCUT2D eigenvalue weighted by Crippen LogP contribution is -2.34. The normalized spacial score (nSPS) is 14.0. The van der Waals surface area contributed by atoms with Gasteiger partial charge in [0.2, 0.25) is 5.91 Å². The fourth-order valence-corrected chi connectivity index (χ4v) is 4.20. The summed E-state index contributed by atoms with van der Waals surface area (Å²) in [6.45, 7) is 1.36. The molecule has 2 aromatic carbocycles. The molecule has 0 bridgehead atoms. The molecule has 1 aliphatic heterocycles. The van der Waals surface area contributed by atoms with Gasteiger partial charge in [0, 0.05) is 36.7 Å². The van der Waals surface area contributed by atoms with E-state index in [-0.39, 0.29) is 5.91 Å². The molecule has 0 aliphatic carbocycles. The van der Waals surface area contributed by atoms with Crippen LogP contribution in [-0.4, -0.2) is 43.1 Å². The van der Waals surface area contributed by atoms with E-state index in [9.17, 15) is 4.79 Å². The largest absolute Gasteiger partial charge is 0.493 e. The van der Waals surface area contributed by atoms with Crippen LogP contribution in [0.5, 0.6) is 11.5 Å². The van der Waals surface area contributed by atoms with Crippen LogP contribution < -0.4 is 9.47 Å². The van der Waals surface area contributed by atoms with Gasteiger partial charge >= 0.3 is 0 Å². The zero-order valence-electron chi connectivity index (χ0n) is 17.2. The zero-order chi connectivity index (χ0) is 21.1. The first kappa shape index (κ1) is 20.4. The maximum absolute atomic E-state index is 12.7. The van der Waals surface area contributed by atoms with Gasteiger partial charge in [0.1, 0.15) is 0 Å². The molecular formula is C24H25ClN2O3. The van der Waals surface area contributed by atoms with Gasteiger partial charge in [0.05, 0.1) is 24.8 Å². The van der Waals surface area contributed by atoms with Crippen LogP contribution in [0.4, 0.5) is 0 Å². The van der Waals surface area contributed by atoms with Crippen molar-refractivity contribution in [2.24, 2.45) is 0 Å². The summed E-state index contributed by atoms with van der Waals surface area (Å²) in [7, 11) is 3.23. The van der Waals surface area contributed by atoms with E-state index >= 15 is 0 Å². The molecule has 5 nitrogen and oxygen atoms in total. The van der Waals surface area contributed by atoms with Crippen molar-refractivity contribution in [3.05, 3.63) is 64.8 Å². The number of fused-ring (bicyclic) bond motifs is 1. The Morgan fingerprint density at radius 3 is 2.73 bits per heavy atom. The van der Waals surface area contributed by atoms with Crippen LogP contribution in [0.2, 0.25) is 5.02 Å². The number of hydrogen-bond donors (Lipinski definition) is 1. The van der Waals surface area contributed by atoms with Gasteiger partial charge in [0.25, 0.3) is 0 Å². The molecule has 0 saturated carbocycles. The molecule has 0 spiro atoms. The molecule has 3 aromatic rings. The molecule has 1 aliphatic rings. The highest BCUT2D eigenvalue weighted by Gasteiger charge is 2.20. The van der Waals surface area contributed by atoms with E-state index in [2.05, 4.69) is 17.1 Å². The van der Waals surface area contributed by atoms with Crippen LogP contribution in [0.25, 0.3) is 16.5 Å². The number of nitrogens with one attached hydrogen (secondary N) is 1. The number of hydrogen-bond acceptors (Lipinski definition) is 3. The minimum Gasteiger partial charge on any atom is -0.493 e. The first-order valence-electron chi connectivity index (χ1n) is 10.0. The SMILES string of the molecule is COc1ccc(CCC(=O)N2CC=C(c3c[nH]c4c(Cl)cccc34)CC2)cc1OC. The number of para-hydroxylation sites is 1. The molecular weight excluding hydrogens is 400 g/mol. The second kappa shape index (κ2) is 8.84. The number of methoxy groups -OCH3 is 2. The molecule has 6 heteroatoms. The van der Waals surface area contributed by atoms with E-state index in [4.69, 9.17) is 21.1 Å². The highest BCUT2D eigenvalue weighted by Crippen LogP contribution is 2.32. The molecule has 0 unspecified atom stereocenters. The first-order valence-corrected chi connectivity index (χ1v) is 10.4. The predicted molar refractivity (Wildman–Crippen MR) is 120 cm³/mol. The number of aromatic nitrogens is 1. The molecule has 1 N–H and O–H groups in total. The van der Waals surface area contributed by atoms with Gasteiger partial charge < -0.3 is 19.4 Å². The molecule has 0 saturated heterocycles. The molecule has 0 fully saturated rings. The quantitative estimate of drug-likeness (QED) is 0.599. The minimum atomic E-state index is 0.169. The Hall–Kier alpha value is -2.92. The van der Waals surface area contributed by atoms with E-state index in [1.54, 1.807) is 14.2 Å². The summed E-state index contributed by atoms with van der Waals surface area (Å²) >= 11 is 6.28. The summed E-state index contributed by atoms with van der Waals surface area (Å²) in [6, 6.07) is 11.7. The van der Waals surface area contributed by atoms with Gasteiger partial charge in [0.15, 0.2) is 11.5 Å². The Morgan fingerprint density at radius 2 is 2.00 bits per heavy atom. The number of H-pyrrole nitrogens is 1. The summed E-state index contributed by atoms with van der Waals surface area (Å²) in [5.41, 5.74) is 4.45. The van der Waals surface area contributed by atoms with Gasteiger partial charge in [-0.3, -0.25) is 4.79 Å². The number of nitrogens with zero attached hydrogens (tertiary/aromatic N) is 1. The Morgan fingerprint density at radius 1 is 1.17 bits per heavy atom. The van der Waals surface area contributed by atoms with Crippen LogP contribution >= 0.6 is 11.6 Å². The number of amides is 1. The van der Waals surface area contributed by atoms with E-state index in [0.717, 1.165) is 34.5 Å². The van der Waals surface area contributed by atoms with Gasteiger partial charge in [-0.1, -0.05) is 35.9 Å². The van der Waals surface area contributed by atoms with Crippen LogP contribution in [0.3, 0.4) is 0 Å². The third kappa shape index (κ3) is 4.03. The highest BCUT2D eigenvalue weighted by atomic mass is 35.5. The number of halogens is 1. The van der Waals surface area contributed by atoms with Crippen molar-refractivity contribution in [1.82, 2.24) is 9.88 Å². The molecule has 156 valence electrons. The third-order valence-corrected chi connectivity index (χ3v) is 5.96. The Labute approximate surface area is 181 Å². The summed E-state index contributed by atoms with van der Waals surface area (Å²) in [4.78, 5) is 17.9. The van der Waals surface area contributed by atoms with Crippen molar-refractivity contribution in [1.29, 1.82) is 0 Å². The van der Waals surface area contributed by atoms with Crippen LogP contribution in [0, 0.1) is 0 Å². The number of ether oxygens (including phenoxy) is 2. The van der Waals surface area contributed by atoms with Crippen LogP contribution in [0.15, 0.2) is 48.7 Å². The summed E-state index contributed by atoms with van der Waals surface area (Å²) in [6.07, 6.45) is 6.15. The zero-order valence-corrected chi connectivity index (χ0v) is 18.0. The second-order valence-electron chi connectivity index (χ2n) is 7.37. The van der Waals surface area contributed by atoms with Gasteiger partial charge in [-0.2, -0.15) is 0 Å². The summed E-state index contributed by atoms with van der Waals surface area (Å²) in [5, 5.41) is 1.85. The number of aryl methyl sites for hydroxylation is 1. The smallest absolute Gasteiger partial charge is 0.223 e. The molecule has 4 rings (SSSR count). The molecule has 1 aromatic heterocycles. The summed E-state index contributed by atoms with van der Waals surface area (Å²) < 4.78 is 10.6. The lowest BCUT2D eigenvalue weighted by molar-refractivity contribution is -0.130. The fraction of sp³-hybridized carbons (Fsp3) is 0.292. The van der Waals surface area contributed by atoms with Crippen LogP contribution in [0.1, 0.15) is 24.0 Å².